The Labute approximate surface area is 120 Å². The van der Waals surface area contributed by atoms with Crippen LogP contribution < -0.4 is 14.2 Å². The molecule has 98 valence electrons. The molecule has 1 aromatic carbocycles. The number of benzene rings is 1. The van der Waals surface area contributed by atoms with Gasteiger partial charge >= 0.3 is 6.29 Å². The lowest BCUT2D eigenvalue weighted by Crippen LogP contribution is -2.25. The molecule has 7 heteroatoms. The van der Waals surface area contributed by atoms with Crippen LogP contribution in [0.1, 0.15) is 0 Å². The average Bonchev–Trinajstić information content (AvgIpc) is 2.62. The van der Waals surface area contributed by atoms with Crippen molar-refractivity contribution >= 4 is 22.6 Å². The molecule has 0 saturated heterocycles. The second-order valence-electron chi connectivity index (χ2n) is 3.69. The molecule has 1 aliphatic rings. The molecule has 0 bridgehead atoms. The van der Waals surface area contributed by atoms with Crippen molar-refractivity contribution in [3.63, 3.8) is 0 Å². The van der Waals surface area contributed by atoms with E-state index in [1.165, 1.54) is 18.2 Å². The number of hydrogen-bond donors (Lipinski definition) is 0. The first-order valence-corrected chi connectivity index (χ1v) is 6.29. The van der Waals surface area contributed by atoms with Crippen molar-refractivity contribution in [3.8, 4) is 23.1 Å². The van der Waals surface area contributed by atoms with E-state index >= 15 is 0 Å². The maximum atomic E-state index is 12.8. The number of halogens is 3. The standard InChI is InChI=1S/C12H6F2INO3/c13-12(14)18-9-2-1-8(6-10(9)19-12)17-11-5-7(15)3-4-16-11/h1-6H. The third-order valence-electron chi connectivity index (χ3n) is 2.29. The summed E-state index contributed by atoms with van der Waals surface area (Å²) >= 11 is 2.12. The van der Waals surface area contributed by atoms with Gasteiger partial charge in [-0.05, 0) is 40.8 Å². The number of ether oxygens (including phenoxy) is 3. The monoisotopic (exact) mass is 377 g/mol. The lowest BCUT2D eigenvalue weighted by atomic mass is 10.3. The summed E-state index contributed by atoms with van der Waals surface area (Å²) in [6, 6.07) is 7.73. The molecule has 0 fully saturated rings. The molecule has 4 nitrogen and oxygen atoms in total. The minimum atomic E-state index is -3.62. The van der Waals surface area contributed by atoms with Gasteiger partial charge in [-0.3, -0.25) is 0 Å². The number of alkyl halides is 2. The summed E-state index contributed by atoms with van der Waals surface area (Å²) in [6.45, 7) is 0. The van der Waals surface area contributed by atoms with Gasteiger partial charge in [0.25, 0.3) is 0 Å². The first-order chi connectivity index (χ1) is 9.02. The molecule has 0 unspecified atom stereocenters. The summed E-state index contributed by atoms with van der Waals surface area (Å²) in [4.78, 5) is 4.01. The van der Waals surface area contributed by atoms with E-state index in [2.05, 4.69) is 37.0 Å². The first-order valence-electron chi connectivity index (χ1n) is 5.21. The molecule has 2 aromatic rings. The average molecular weight is 377 g/mol. The van der Waals surface area contributed by atoms with E-state index in [1.54, 1.807) is 12.3 Å². The molecular formula is C12H6F2INO3. The molecule has 0 saturated carbocycles. The third-order valence-corrected chi connectivity index (χ3v) is 2.96. The summed E-state index contributed by atoms with van der Waals surface area (Å²) in [5.41, 5.74) is 0. The van der Waals surface area contributed by atoms with Crippen LogP contribution in [0, 0.1) is 3.57 Å². The van der Waals surface area contributed by atoms with Crippen molar-refractivity contribution in [1.82, 2.24) is 4.98 Å². The van der Waals surface area contributed by atoms with Crippen LogP contribution in [0.15, 0.2) is 36.5 Å². The highest BCUT2D eigenvalue weighted by Gasteiger charge is 2.43. The van der Waals surface area contributed by atoms with Gasteiger partial charge in [0, 0.05) is 21.9 Å². The molecular weight excluding hydrogens is 371 g/mol. The first kappa shape index (κ1) is 12.4. The Morgan fingerprint density at radius 2 is 1.89 bits per heavy atom. The quantitative estimate of drug-likeness (QED) is 0.747. The van der Waals surface area contributed by atoms with Crippen LogP contribution in [-0.2, 0) is 0 Å². The molecule has 1 aromatic heterocycles. The fourth-order valence-corrected chi connectivity index (χ4v) is 1.98. The summed E-state index contributed by atoms with van der Waals surface area (Å²) in [5.74, 6) is 0.633. The Kier molecular flexibility index (Phi) is 2.92. The van der Waals surface area contributed by atoms with Gasteiger partial charge in [-0.25, -0.2) is 4.98 Å². The van der Waals surface area contributed by atoms with Gasteiger partial charge in [0.2, 0.25) is 5.88 Å². The number of hydrogen-bond acceptors (Lipinski definition) is 4. The van der Waals surface area contributed by atoms with Crippen molar-refractivity contribution in [3.05, 3.63) is 40.1 Å². The number of fused-ring (bicyclic) bond motifs is 1. The van der Waals surface area contributed by atoms with E-state index in [0.29, 0.717) is 11.6 Å². The molecule has 0 radical (unpaired) electrons. The topological polar surface area (TPSA) is 40.6 Å². The minimum Gasteiger partial charge on any atom is -0.439 e. The highest BCUT2D eigenvalue weighted by Crippen LogP contribution is 2.43. The molecule has 19 heavy (non-hydrogen) atoms. The lowest BCUT2D eigenvalue weighted by molar-refractivity contribution is -0.286. The normalized spacial score (nSPS) is 15.3. The van der Waals surface area contributed by atoms with Crippen LogP contribution in [0.5, 0.6) is 23.1 Å². The van der Waals surface area contributed by atoms with Crippen LogP contribution in [0.4, 0.5) is 8.78 Å². The van der Waals surface area contributed by atoms with Crippen LogP contribution in [0.25, 0.3) is 0 Å². The fraction of sp³-hybridized carbons (Fsp3) is 0.0833. The minimum absolute atomic E-state index is 0.0204. The SMILES string of the molecule is FC1(F)Oc2ccc(Oc3cc(I)ccn3)cc2O1. The zero-order valence-electron chi connectivity index (χ0n) is 9.27. The predicted molar refractivity (Wildman–Crippen MR) is 69.7 cm³/mol. The molecule has 0 N–H and O–H groups in total. The van der Waals surface area contributed by atoms with Gasteiger partial charge < -0.3 is 14.2 Å². The van der Waals surface area contributed by atoms with E-state index in [1.807, 2.05) is 6.07 Å². The summed E-state index contributed by atoms with van der Waals surface area (Å²) < 4.78 is 40.7. The lowest BCUT2D eigenvalue weighted by Gasteiger charge is -2.05. The fourth-order valence-electron chi connectivity index (χ4n) is 1.55. The molecule has 0 spiro atoms. The summed E-state index contributed by atoms with van der Waals surface area (Å²) in [5, 5.41) is 0. The summed E-state index contributed by atoms with van der Waals surface area (Å²) in [6.07, 6.45) is -2.03. The Hall–Kier alpha value is -1.64. The Balaban J connectivity index is 1.85. The number of aromatic nitrogens is 1. The van der Waals surface area contributed by atoms with Crippen molar-refractivity contribution < 1.29 is 23.0 Å². The second kappa shape index (κ2) is 4.48. The van der Waals surface area contributed by atoms with Gasteiger partial charge in [-0.1, -0.05) is 0 Å². The number of pyridine rings is 1. The maximum Gasteiger partial charge on any atom is 0.586 e. The van der Waals surface area contributed by atoms with Crippen molar-refractivity contribution in [2.24, 2.45) is 0 Å². The number of rotatable bonds is 2. The molecule has 3 rings (SSSR count). The van der Waals surface area contributed by atoms with E-state index < -0.39 is 6.29 Å². The Morgan fingerprint density at radius 1 is 1.11 bits per heavy atom. The Morgan fingerprint density at radius 3 is 2.68 bits per heavy atom. The van der Waals surface area contributed by atoms with Gasteiger partial charge in [0.15, 0.2) is 11.5 Å². The molecule has 0 aliphatic carbocycles. The third kappa shape index (κ3) is 2.70. The highest BCUT2D eigenvalue weighted by molar-refractivity contribution is 14.1. The zero-order chi connectivity index (χ0) is 13.5. The van der Waals surface area contributed by atoms with Gasteiger partial charge in [-0.15, -0.1) is 8.78 Å². The van der Waals surface area contributed by atoms with Crippen molar-refractivity contribution in [2.75, 3.05) is 0 Å². The van der Waals surface area contributed by atoms with Gasteiger partial charge in [0.1, 0.15) is 5.75 Å². The van der Waals surface area contributed by atoms with Crippen LogP contribution in [0.2, 0.25) is 0 Å². The molecule has 0 amide bonds. The van der Waals surface area contributed by atoms with E-state index in [0.717, 1.165) is 3.57 Å². The van der Waals surface area contributed by atoms with Crippen molar-refractivity contribution in [2.45, 2.75) is 6.29 Å². The van der Waals surface area contributed by atoms with Crippen LogP contribution in [-0.4, -0.2) is 11.3 Å². The van der Waals surface area contributed by atoms with Crippen LogP contribution in [0.3, 0.4) is 0 Å². The van der Waals surface area contributed by atoms with Crippen LogP contribution >= 0.6 is 22.6 Å². The van der Waals surface area contributed by atoms with Gasteiger partial charge in [0.05, 0.1) is 0 Å². The van der Waals surface area contributed by atoms with E-state index in [-0.39, 0.29) is 11.5 Å². The largest absolute Gasteiger partial charge is 0.586 e. The summed E-state index contributed by atoms with van der Waals surface area (Å²) in [7, 11) is 0. The van der Waals surface area contributed by atoms with Gasteiger partial charge in [-0.2, -0.15) is 0 Å². The predicted octanol–water partition coefficient (Wildman–Crippen LogP) is 3.80. The van der Waals surface area contributed by atoms with E-state index in [4.69, 9.17) is 4.74 Å². The second-order valence-corrected chi connectivity index (χ2v) is 4.94. The Bertz CT molecular complexity index is 636. The smallest absolute Gasteiger partial charge is 0.439 e. The maximum absolute atomic E-state index is 12.8. The van der Waals surface area contributed by atoms with E-state index in [9.17, 15) is 8.78 Å². The highest BCUT2D eigenvalue weighted by atomic mass is 127. The number of nitrogens with zero attached hydrogens (tertiary/aromatic N) is 1. The van der Waals surface area contributed by atoms with Crippen molar-refractivity contribution in [1.29, 1.82) is 0 Å². The molecule has 2 heterocycles. The molecule has 1 aliphatic heterocycles. The zero-order valence-corrected chi connectivity index (χ0v) is 11.4. The molecule has 0 atom stereocenters.